The SMILES string of the molecule is CC(C)(C)N1C[C@H](C(=O)Nc2ccc(S(N)(=O)=O)cc2)CC1=O. The molecular formula is C15H21N3O4S. The number of primary sulfonamides is 1. The first-order chi connectivity index (χ1) is 10.5. The molecule has 1 heterocycles. The summed E-state index contributed by atoms with van der Waals surface area (Å²) < 4.78 is 22.4. The summed E-state index contributed by atoms with van der Waals surface area (Å²) in [5, 5.41) is 7.72. The molecule has 1 aliphatic rings. The normalized spacial score (nSPS) is 19.0. The molecule has 0 radical (unpaired) electrons. The third-order valence-electron chi connectivity index (χ3n) is 3.76. The highest BCUT2D eigenvalue weighted by Crippen LogP contribution is 2.26. The number of carbonyl (C=O) groups is 2. The molecule has 1 aromatic carbocycles. The van der Waals surface area contributed by atoms with Crippen LogP contribution in [0.25, 0.3) is 0 Å². The number of amides is 2. The Morgan fingerprint density at radius 3 is 2.26 bits per heavy atom. The van der Waals surface area contributed by atoms with Crippen LogP contribution in [0.2, 0.25) is 0 Å². The highest BCUT2D eigenvalue weighted by molar-refractivity contribution is 7.89. The molecule has 1 fully saturated rings. The zero-order valence-corrected chi connectivity index (χ0v) is 14.2. The highest BCUT2D eigenvalue weighted by atomic mass is 32.2. The Kier molecular flexibility index (Phi) is 4.50. The van der Waals surface area contributed by atoms with Crippen LogP contribution in [0, 0.1) is 5.92 Å². The summed E-state index contributed by atoms with van der Waals surface area (Å²) >= 11 is 0. The summed E-state index contributed by atoms with van der Waals surface area (Å²) in [4.78, 5) is 26.0. The minimum Gasteiger partial charge on any atom is -0.337 e. The van der Waals surface area contributed by atoms with Crippen LogP contribution in [0.15, 0.2) is 29.2 Å². The predicted molar refractivity (Wildman–Crippen MR) is 86.0 cm³/mol. The number of likely N-dealkylation sites (tertiary alicyclic amines) is 1. The van der Waals surface area contributed by atoms with Crippen molar-refractivity contribution in [1.82, 2.24) is 4.90 Å². The van der Waals surface area contributed by atoms with Gasteiger partial charge in [-0.3, -0.25) is 9.59 Å². The van der Waals surface area contributed by atoms with Crippen LogP contribution in [-0.2, 0) is 19.6 Å². The minimum atomic E-state index is -3.76. The number of benzene rings is 1. The van der Waals surface area contributed by atoms with Crippen molar-refractivity contribution in [3.63, 3.8) is 0 Å². The molecule has 23 heavy (non-hydrogen) atoms. The third-order valence-corrected chi connectivity index (χ3v) is 4.69. The third kappa shape index (κ3) is 4.08. The second-order valence-electron chi connectivity index (χ2n) is 6.63. The number of rotatable bonds is 3. The molecule has 8 heteroatoms. The van der Waals surface area contributed by atoms with E-state index in [0.717, 1.165) is 0 Å². The van der Waals surface area contributed by atoms with Crippen molar-refractivity contribution in [2.45, 2.75) is 37.6 Å². The Bertz CT molecular complexity index is 720. The first-order valence-corrected chi connectivity index (χ1v) is 8.77. The maximum atomic E-state index is 12.3. The summed E-state index contributed by atoms with van der Waals surface area (Å²) in [6, 6.07) is 5.59. The van der Waals surface area contributed by atoms with Crippen molar-refractivity contribution < 1.29 is 18.0 Å². The highest BCUT2D eigenvalue weighted by Gasteiger charge is 2.39. The molecule has 1 aliphatic heterocycles. The van der Waals surface area contributed by atoms with Crippen LogP contribution < -0.4 is 10.5 Å². The van der Waals surface area contributed by atoms with E-state index in [1.165, 1.54) is 24.3 Å². The van der Waals surface area contributed by atoms with Gasteiger partial charge in [-0.05, 0) is 45.0 Å². The Labute approximate surface area is 135 Å². The summed E-state index contributed by atoms with van der Waals surface area (Å²) in [5.41, 5.74) is 0.146. The zero-order chi connectivity index (χ0) is 17.4. The van der Waals surface area contributed by atoms with E-state index in [0.29, 0.717) is 12.2 Å². The van der Waals surface area contributed by atoms with E-state index in [2.05, 4.69) is 5.32 Å². The van der Waals surface area contributed by atoms with E-state index in [1.807, 2.05) is 20.8 Å². The lowest BCUT2D eigenvalue weighted by Crippen LogP contribution is -2.42. The van der Waals surface area contributed by atoms with E-state index in [1.54, 1.807) is 4.90 Å². The van der Waals surface area contributed by atoms with Crippen molar-refractivity contribution in [2.75, 3.05) is 11.9 Å². The Hall–Kier alpha value is -1.93. The molecule has 1 saturated heterocycles. The van der Waals surface area contributed by atoms with E-state index < -0.39 is 15.9 Å². The molecule has 0 spiro atoms. The first kappa shape index (κ1) is 17.4. The van der Waals surface area contributed by atoms with E-state index in [-0.39, 0.29) is 28.7 Å². The summed E-state index contributed by atoms with van der Waals surface area (Å²) in [7, 11) is -3.76. The molecule has 0 unspecified atom stereocenters. The topological polar surface area (TPSA) is 110 Å². The molecule has 0 bridgehead atoms. The lowest BCUT2D eigenvalue weighted by Gasteiger charge is -2.31. The van der Waals surface area contributed by atoms with Crippen LogP contribution in [-0.4, -0.2) is 37.2 Å². The molecule has 0 saturated carbocycles. The van der Waals surface area contributed by atoms with Crippen LogP contribution in [0.4, 0.5) is 5.69 Å². The fraction of sp³-hybridized carbons (Fsp3) is 0.467. The van der Waals surface area contributed by atoms with Gasteiger partial charge in [-0.25, -0.2) is 13.6 Å². The average Bonchev–Trinajstić information content (AvgIpc) is 2.80. The maximum absolute atomic E-state index is 12.3. The van der Waals surface area contributed by atoms with Crippen LogP contribution in [0.5, 0.6) is 0 Å². The number of nitrogens with two attached hydrogens (primary N) is 1. The van der Waals surface area contributed by atoms with Crippen molar-refractivity contribution in [3.8, 4) is 0 Å². The van der Waals surface area contributed by atoms with Gasteiger partial charge >= 0.3 is 0 Å². The fourth-order valence-electron chi connectivity index (χ4n) is 2.50. The van der Waals surface area contributed by atoms with Gasteiger partial charge in [0.25, 0.3) is 0 Å². The van der Waals surface area contributed by atoms with Crippen LogP contribution in [0.1, 0.15) is 27.2 Å². The summed E-state index contributed by atoms with van der Waals surface area (Å²) in [6.07, 6.45) is 0.179. The molecule has 2 rings (SSSR count). The molecular weight excluding hydrogens is 318 g/mol. The van der Waals surface area contributed by atoms with Gasteiger partial charge < -0.3 is 10.2 Å². The van der Waals surface area contributed by atoms with Gasteiger partial charge in [0, 0.05) is 24.2 Å². The van der Waals surface area contributed by atoms with Crippen molar-refractivity contribution in [2.24, 2.45) is 11.1 Å². The van der Waals surface area contributed by atoms with Crippen molar-refractivity contribution >= 4 is 27.5 Å². The Morgan fingerprint density at radius 1 is 1.26 bits per heavy atom. The molecule has 126 valence electrons. The van der Waals surface area contributed by atoms with Gasteiger partial charge in [0.1, 0.15) is 0 Å². The van der Waals surface area contributed by atoms with Crippen molar-refractivity contribution in [3.05, 3.63) is 24.3 Å². The first-order valence-electron chi connectivity index (χ1n) is 7.22. The Morgan fingerprint density at radius 2 is 1.83 bits per heavy atom. The fourth-order valence-corrected chi connectivity index (χ4v) is 3.02. The van der Waals surface area contributed by atoms with Crippen molar-refractivity contribution in [1.29, 1.82) is 0 Å². The maximum Gasteiger partial charge on any atom is 0.238 e. The quantitative estimate of drug-likeness (QED) is 0.853. The van der Waals surface area contributed by atoms with E-state index in [4.69, 9.17) is 5.14 Å². The molecule has 0 aliphatic carbocycles. The molecule has 2 amide bonds. The van der Waals surface area contributed by atoms with E-state index >= 15 is 0 Å². The number of carbonyl (C=O) groups excluding carboxylic acids is 2. The second kappa shape index (κ2) is 5.93. The smallest absolute Gasteiger partial charge is 0.238 e. The lowest BCUT2D eigenvalue weighted by molar-refractivity contribution is -0.131. The number of nitrogens with zero attached hydrogens (tertiary/aromatic N) is 1. The van der Waals surface area contributed by atoms with Gasteiger partial charge in [0.2, 0.25) is 21.8 Å². The van der Waals surface area contributed by atoms with E-state index in [9.17, 15) is 18.0 Å². The number of nitrogens with one attached hydrogen (secondary N) is 1. The number of sulfonamides is 1. The number of anilines is 1. The zero-order valence-electron chi connectivity index (χ0n) is 13.4. The van der Waals surface area contributed by atoms with Crippen LogP contribution in [0.3, 0.4) is 0 Å². The average molecular weight is 339 g/mol. The van der Waals surface area contributed by atoms with Gasteiger partial charge in [0.15, 0.2) is 0 Å². The number of hydrogen-bond acceptors (Lipinski definition) is 4. The summed E-state index contributed by atoms with van der Waals surface area (Å²) in [6.45, 7) is 6.16. The largest absolute Gasteiger partial charge is 0.337 e. The standard InChI is InChI=1S/C15H21N3O4S/c1-15(2,3)18-9-10(8-13(18)19)14(20)17-11-4-6-12(7-5-11)23(16,21)22/h4-7,10H,8-9H2,1-3H3,(H,17,20)(H2,16,21,22)/t10-/m1/s1. The summed E-state index contributed by atoms with van der Waals surface area (Å²) in [5.74, 6) is -0.713. The lowest BCUT2D eigenvalue weighted by atomic mass is 10.1. The second-order valence-corrected chi connectivity index (χ2v) is 8.20. The molecule has 1 aromatic rings. The van der Waals surface area contributed by atoms with Gasteiger partial charge in [-0.1, -0.05) is 0 Å². The van der Waals surface area contributed by atoms with Gasteiger partial charge in [-0.2, -0.15) is 0 Å². The monoisotopic (exact) mass is 339 g/mol. The van der Waals surface area contributed by atoms with Gasteiger partial charge in [0.05, 0.1) is 10.8 Å². The Balaban J connectivity index is 2.04. The van der Waals surface area contributed by atoms with Crippen LogP contribution >= 0.6 is 0 Å². The molecule has 0 aromatic heterocycles. The molecule has 3 N–H and O–H groups in total. The van der Waals surface area contributed by atoms with Gasteiger partial charge in [-0.15, -0.1) is 0 Å². The predicted octanol–water partition coefficient (Wildman–Crippen LogP) is 0.920. The molecule has 7 nitrogen and oxygen atoms in total. The molecule has 1 atom stereocenters. The number of hydrogen-bond donors (Lipinski definition) is 2. The minimum absolute atomic E-state index is 0.0227.